The van der Waals surface area contributed by atoms with Crippen LogP contribution in [-0.4, -0.2) is 42.7 Å². The highest BCUT2D eigenvalue weighted by molar-refractivity contribution is 7.89. The lowest BCUT2D eigenvalue weighted by Gasteiger charge is -2.18. The number of nitrogens with zero attached hydrogens (tertiary/aromatic N) is 2. The average molecular weight is 306 g/mol. The van der Waals surface area contributed by atoms with E-state index in [1.54, 1.807) is 0 Å². The first kappa shape index (κ1) is 15.3. The van der Waals surface area contributed by atoms with Gasteiger partial charge in [0.1, 0.15) is 11.4 Å². The molecule has 1 N–H and O–H groups in total. The molecule has 10 heteroatoms. The molecule has 104 valence electrons. The number of aryl methyl sites for hydroxylation is 1. The quantitative estimate of drug-likeness (QED) is 0.860. The van der Waals surface area contributed by atoms with Gasteiger partial charge in [-0.2, -0.15) is 22.6 Å². The summed E-state index contributed by atoms with van der Waals surface area (Å²) in [6.45, 7) is -0.168. The van der Waals surface area contributed by atoms with E-state index in [0.29, 0.717) is 0 Å². The SMILES string of the molecule is Cc1[nH]nc(CCl)c1S(=O)(=O)N(C)CC(F)(F)F. The van der Waals surface area contributed by atoms with Crippen molar-refractivity contribution in [1.29, 1.82) is 0 Å². The van der Waals surface area contributed by atoms with E-state index in [-0.39, 0.29) is 26.5 Å². The first-order valence-corrected chi connectivity index (χ1v) is 6.70. The Kier molecular flexibility index (Phi) is 4.29. The van der Waals surface area contributed by atoms with Crippen molar-refractivity contribution in [2.24, 2.45) is 0 Å². The molecule has 0 unspecified atom stereocenters. The fourth-order valence-corrected chi connectivity index (χ4v) is 3.14. The van der Waals surface area contributed by atoms with Crippen LogP contribution in [0.15, 0.2) is 4.90 Å². The smallest absolute Gasteiger partial charge is 0.281 e. The van der Waals surface area contributed by atoms with E-state index in [4.69, 9.17) is 11.6 Å². The summed E-state index contributed by atoms with van der Waals surface area (Å²) in [5.74, 6) is -0.210. The molecule has 0 aliphatic carbocycles. The Hall–Kier alpha value is -0.800. The molecule has 0 spiro atoms. The molecule has 0 aliphatic rings. The fraction of sp³-hybridized carbons (Fsp3) is 0.625. The summed E-state index contributed by atoms with van der Waals surface area (Å²) in [6, 6.07) is 0. The van der Waals surface area contributed by atoms with Crippen LogP contribution in [0.2, 0.25) is 0 Å². The number of sulfonamides is 1. The predicted octanol–water partition coefficient (Wildman–Crippen LogP) is 1.64. The highest BCUT2D eigenvalue weighted by Crippen LogP contribution is 2.25. The Bertz CT molecular complexity index is 526. The lowest BCUT2D eigenvalue weighted by Crippen LogP contribution is -2.36. The van der Waals surface area contributed by atoms with Crippen molar-refractivity contribution in [2.45, 2.75) is 23.9 Å². The molecule has 18 heavy (non-hydrogen) atoms. The van der Waals surface area contributed by atoms with Gasteiger partial charge >= 0.3 is 6.18 Å². The Morgan fingerprint density at radius 3 is 2.44 bits per heavy atom. The van der Waals surface area contributed by atoms with E-state index in [0.717, 1.165) is 7.05 Å². The Labute approximate surface area is 107 Å². The summed E-state index contributed by atoms with van der Waals surface area (Å²) in [5, 5.41) is 6.03. The third-order valence-corrected chi connectivity index (χ3v) is 4.42. The molecule has 0 saturated carbocycles. The number of rotatable bonds is 4. The van der Waals surface area contributed by atoms with Gasteiger partial charge in [0.25, 0.3) is 0 Å². The van der Waals surface area contributed by atoms with Gasteiger partial charge in [-0.15, -0.1) is 11.6 Å². The molecule has 1 rings (SSSR count). The predicted molar refractivity (Wildman–Crippen MR) is 58.8 cm³/mol. The molecule has 0 atom stereocenters. The maximum atomic E-state index is 12.2. The fourth-order valence-electron chi connectivity index (χ4n) is 1.40. The number of hydrogen-bond acceptors (Lipinski definition) is 3. The summed E-state index contributed by atoms with van der Waals surface area (Å²) < 4.78 is 60.8. The Balaban J connectivity index is 3.17. The third-order valence-electron chi connectivity index (χ3n) is 2.16. The Morgan fingerprint density at radius 2 is 2.00 bits per heavy atom. The van der Waals surface area contributed by atoms with Gasteiger partial charge in [0.05, 0.1) is 17.3 Å². The maximum absolute atomic E-state index is 12.2. The summed E-state index contributed by atoms with van der Waals surface area (Å²) in [4.78, 5) is -0.302. The van der Waals surface area contributed by atoms with Gasteiger partial charge in [-0.3, -0.25) is 5.10 Å². The number of alkyl halides is 4. The van der Waals surface area contributed by atoms with E-state index < -0.39 is 22.7 Å². The normalized spacial score (nSPS) is 13.3. The monoisotopic (exact) mass is 305 g/mol. The van der Waals surface area contributed by atoms with Crippen LogP contribution in [0.1, 0.15) is 11.4 Å². The summed E-state index contributed by atoms with van der Waals surface area (Å²) in [7, 11) is -3.41. The maximum Gasteiger partial charge on any atom is 0.402 e. The number of hydrogen-bond donors (Lipinski definition) is 1. The topological polar surface area (TPSA) is 66.1 Å². The second-order valence-corrected chi connectivity index (χ2v) is 5.88. The van der Waals surface area contributed by atoms with E-state index in [1.807, 2.05) is 0 Å². The van der Waals surface area contributed by atoms with Gasteiger partial charge in [-0.05, 0) is 6.92 Å². The van der Waals surface area contributed by atoms with E-state index in [9.17, 15) is 21.6 Å². The summed E-state index contributed by atoms with van der Waals surface area (Å²) in [5.41, 5.74) is 0.155. The molecule has 0 amide bonds. The molecule has 1 aromatic heterocycles. The van der Waals surface area contributed by atoms with Crippen LogP contribution in [0.3, 0.4) is 0 Å². The standard InChI is InChI=1S/C8H11ClF3N3O2S/c1-5-7(6(3-9)14-13-5)18(16,17)15(2)4-8(10,11)12/h3-4H2,1-2H3,(H,13,14). The zero-order valence-electron chi connectivity index (χ0n) is 9.55. The molecule has 0 aliphatic heterocycles. The molecule has 0 bridgehead atoms. The average Bonchev–Trinajstić information content (AvgIpc) is 2.57. The van der Waals surface area contributed by atoms with Gasteiger partial charge < -0.3 is 0 Å². The zero-order valence-corrected chi connectivity index (χ0v) is 11.1. The van der Waals surface area contributed by atoms with E-state index >= 15 is 0 Å². The minimum atomic E-state index is -4.61. The van der Waals surface area contributed by atoms with Gasteiger partial charge in [-0.1, -0.05) is 0 Å². The van der Waals surface area contributed by atoms with Crippen molar-refractivity contribution >= 4 is 21.6 Å². The van der Waals surface area contributed by atoms with Gasteiger partial charge in [0.15, 0.2) is 0 Å². The molecule has 1 aromatic rings. The zero-order chi connectivity index (χ0) is 14.1. The molecule has 0 radical (unpaired) electrons. The van der Waals surface area contributed by atoms with Crippen LogP contribution < -0.4 is 0 Å². The van der Waals surface area contributed by atoms with Crippen LogP contribution in [0.25, 0.3) is 0 Å². The van der Waals surface area contributed by atoms with Gasteiger partial charge in [0, 0.05) is 7.05 Å². The van der Waals surface area contributed by atoms with Crippen LogP contribution in [0, 0.1) is 6.92 Å². The second-order valence-electron chi connectivity index (χ2n) is 3.63. The largest absolute Gasteiger partial charge is 0.402 e. The van der Waals surface area contributed by atoms with Crippen molar-refractivity contribution in [3.8, 4) is 0 Å². The van der Waals surface area contributed by atoms with Gasteiger partial charge in [0.2, 0.25) is 10.0 Å². The van der Waals surface area contributed by atoms with Crippen molar-refractivity contribution < 1.29 is 21.6 Å². The molecule has 0 fully saturated rings. The summed E-state index contributed by atoms with van der Waals surface area (Å²) >= 11 is 5.50. The molecule has 5 nitrogen and oxygen atoms in total. The van der Waals surface area contributed by atoms with E-state index in [2.05, 4.69) is 10.2 Å². The lowest BCUT2D eigenvalue weighted by atomic mass is 10.4. The van der Waals surface area contributed by atoms with Crippen LogP contribution in [0.5, 0.6) is 0 Å². The third kappa shape index (κ3) is 3.15. The second kappa shape index (κ2) is 5.06. The van der Waals surface area contributed by atoms with Crippen molar-refractivity contribution in [2.75, 3.05) is 13.6 Å². The first-order valence-electron chi connectivity index (χ1n) is 4.72. The van der Waals surface area contributed by atoms with Crippen LogP contribution in [0.4, 0.5) is 13.2 Å². The number of halogens is 4. The first-order chi connectivity index (χ1) is 8.09. The van der Waals surface area contributed by atoms with Crippen molar-refractivity contribution in [3.63, 3.8) is 0 Å². The van der Waals surface area contributed by atoms with Crippen LogP contribution in [-0.2, 0) is 15.9 Å². The van der Waals surface area contributed by atoms with Crippen molar-refractivity contribution in [1.82, 2.24) is 14.5 Å². The lowest BCUT2D eigenvalue weighted by molar-refractivity contribution is -0.134. The summed E-state index contributed by atoms with van der Waals surface area (Å²) in [6.07, 6.45) is -4.61. The minimum absolute atomic E-state index is 0.00295. The number of aromatic amines is 1. The highest BCUT2D eigenvalue weighted by Gasteiger charge is 2.37. The van der Waals surface area contributed by atoms with Crippen molar-refractivity contribution in [3.05, 3.63) is 11.4 Å². The van der Waals surface area contributed by atoms with Crippen LogP contribution >= 0.6 is 11.6 Å². The van der Waals surface area contributed by atoms with E-state index in [1.165, 1.54) is 6.92 Å². The molecule has 0 saturated heterocycles. The number of nitrogens with one attached hydrogen (secondary N) is 1. The number of H-pyrrole nitrogens is 1. The number of aromatic nitrogens is 2. The molecule has 0 aromatic carbocycles. The van der Waals surface area contributed by atoms with Gasteiger partial charge in [-0.25, -0.2) is 8.42 Å². The molecular formula is C8H11ClF3N3O2S. The molecular weight excluding hydrogens is 295 g/mol. The Morgan fingerprint density at radius 1 is 1.44 bits per heavy atom. The highest BCUT2D eigenvalue weighted by atomic mass is 35.5. The minimum Gasteiger partial charge on any atom is -0.281 e. The molecule has 1 heterocycles.